The average Bonchev–Trinajstić information content (AvgIpc) is 2.27. The molecule has 100 valence electrons. The summed E-state index contributed by atoms with van der Waals surface area (Å²) < 4.78 is 5.03. The maximum Gasteiger partial charge on any atom is 0.306 e. The first-order valence-electron chi connectivity index (χ1n) is 6.62. The first kappa shape index (κ1) is 14.5. The van der Waals surface area contributed by atoms with Gasteiger partial charge in [0.05, 0.1) is 6.10 Å². The van der Waals surface area contributed by atoms with E-state index in [1.165, 1.54) is 6.42 Å². The molecule has 1 fully saturated rings. The normalized spacial score (nSPS) is 21.2. The first-order chi connectivity index (χ1) is 7.92. The Morgan fingerprint density at radius 3 is 2.53 bits per heavy atom. The van der Waals surface area contributed by atoms with E-state index in [1.54, 1.807) is 0 Å². The van der Waals surface area contributed by atoms with Gasteiger partial charge < -0.3 is 15.6 Å². The van der Waals surface area contributed by atoms with Crippen molar-refractivity contribution in [3.05, 3.63) is 0 Å². The van der Waals surface area contributed by atoms with Crippen LogP contribution in [0.1, 0.15) is 58.8 Å². The number of nitrogens with two attached hydrogens (primary N) is 1. The minimum Gasteiger partial charge on any atom is -0.463 e. The van der Waals surface area contributed by atoms with Gasteiger partial charge in [-0.1, -0.05) is 19.3 Å². The monoisotopic (exact) mass is 243 g/mol. The number of ether oxygens (including phenoxy) is 1. The van der Waals surface area contributed by atoms with Crippen LogP contribution in [0.2, 0.25) is 0 Å². The van der Waals surface area contributed by atoms with E-state index < -0.39 is 5.72 Å². The number of carbonyl (C=O) groups is 1. The van der Waals surface area contributed by atoms with Gasteiger partial charge in [-0.25, -0.2) is 0 Å². The molecule has 0 aromatic rings. The van der Waals surface area contributed by atoms with Crippen LogP contribution in [0.5, 0.6) is 0 Å². The summed E-state index contributed by atoms with van der Waals surface area (Å²) in [4.78, 5) is 11.4. The highest BCUT2D eigenvalue weighted by molar-refractivity contribution is 5.69. The molecular formula is C13H25NO3. The molecule has 0 bridgehead atoms. The zero-order chi connectivity index (χ0) is 12.9. The topological polar surface area (TPSA) is 72.5 Å². The number of aliphatic hydroxyl groups is 1. The van der Waals surface area contributed by atoms with E-state index in [0.717, 1.165) is 25.7 Å². The second kappa shape index (κ2) is 6.36. The summed E-state index contributed by atoms with van der Waals surface area (Å²) in [6.45, 7) is 3.63. The molecule has 1 saturated carbocycles. The SMILES string of the molecule is CC(C)OC(=O)CCC(N)(O)C1CCCCC1. The molecule has 3 N–H and O–H groups in total. The average molecular weight is 243 g/mol. The number of esters is 1. The van der Waals surface area contributed by atoms with E-state index in [4.69, 9.17) is 10.5 Å². The Bertz CT molecular complexity index is 245. The molecule has 4 heteroatoms. The van der Waals surface area contributed by atoms with E-state index >= 15 is 0 Å². The lowest BCUT2D eigenvalue weighted by molar-refractivity contribution is -0.149. The summed E-state index contributed by atoms with van der Waals surface area (Å²) in [6, 6.07) is 0. The Morgan fingerprint density at radius 1 is 1.41 bits per heavy atom. The van der Waals surface area contributed by atoms with Gasteiger partial charge >= 0.3 is 5.97 Å². The fourth-order valence-electron chi connectivity index (χ4n) is 2.43. The molecule has 17 heavy (non-hydrogen) atoms. The first-order valence-corrected chi connectivity index (χ1v) is 6.62. The smallest absolute Gasteiger partial charge is 0.306 e. The highest BCUT2D eigenvalue weighted by Gasteiger charge is 2.33. The fraction of sp³-hybridized carbons (Fsp3) is 0.923. The molecule has 0 radical (unpaired) electrons. The van der Waals surface area contributed by atoms with Crippen molar-refractivity contribution >= 4 is 5.97 Å². The van der Waals surface area contributed by atoms with Crippen molar-refractivity contribution in [2.45, 2.75) is 70.6 Å². The maximum atomic E-state index is 11.4. The van der Waals surface area contributed by atoms with Gasteiger partial charge in [-0.3, -0.25) is 4.79 Å². The molecule has 1 aliphatic carbocycles. The lowest BCUT2D eigenvalue weighted by Gasteiger charge is -2.35. The minimum absolute atomic E-state index is 0.108. The number of rotatable bonds is 5. The van der Waals surface area contributed by atoms with Crippen LogP contribution in [0.15, 0.2) is 0 Å². The van der Waals surface area contributed by atoms with Crippen LogP contribution in [0, 0.1) is 5.92 Å². The van der Waals surface area contributed by atoms with Gasteiger partial charge in [0.2, 0.25) is 0 Å². The lowest BCUT2D eigenvalue weighted by Crippen LogP contribution is -2.48. The van der Waals surface area contributed by atoms with Crippen LogP contribution in [-0.4, -0.2) is 22.9 Å². The van der Waals surface area contributed by atoms with Gasteiger partial charge in [0.15, 0.2) is 0 Å². The van der Waals surface area contributed by atoms with Crippen LogP contribution >= 0.6 is 0 Å². The van der Waals surface area contributed by atoms with Crippen molar-refractivity contribution in [1.82, 2.24) is 0 Å². The summed E-state index contributed by atoms with van der Waals surface area (Å²) >= 11 is 0. The molecule has 4 nitrogen and oxygen atoms in total. The van der Waals surface area contributed by atoms with E-state index in [2.05, 4.69) is 0 Å². The van der Waals surface area contributed by atoms with Crippen molar-refractivity contribution in [3.8, 4) is 0 Å². The molecule has 0 saturated heterocycles. The molecule has 0 aliphatic heterocycles. The molecule has 1 rings (SSSR count). The lowest BCUT2D eigenvalue weighted by atomic mass is 9.80. The largest absolute Gasteiger partial charge is 0.463 e. The van der Waals surface area contributed by atoms with Crippen molar-refractivity contribution in [3.63, 3.8) is 0 Å². The van der Waals surface area contributed by atoms with Crippen LogP contribution < -0.4 is 5.73 Å². The maximum absolute atomic E-state index is 11.4. The third-order valence-corrected chi connectivity index (χ3v) is 3.41. The summed E-state index contributed by atoms with van der Waals surface area (Å²) in [5.74, 6) is -0.150. The van der Waals surface area contributed by atoms with E-state index in [9.17, 15) is 9.90 Å². The van der Waals surface area contributed by atoms with Gasteiger partial charge in [-0.05, 0) is 26.7 Å². The zero-order valence-corrected chi connectivity index (χ0v) is 10.9. The number of carbonyl (C=O) groups excluding carboxylic acids is 1. The van der Waals surface area contributed by atoms with E-state index in [1.807, 2.05) is 13.8 Å². The van der Waals surface area contributed by atoms with E-state index in [0.29, 0.717) is 6.42 Å². The summed E-state index contributed by atoms with van der Waals surface area (Å²) in [6.07, 6.45) is 5.79. The second-order valence-electron chi connectivity index (χ2n) is 5.36. The molecule has 0 heterocycles. The Balaban J connectivity index is 2.35. The molecule has 0 spiro atoms. The highest BCUT2D eigenvalue weighted by Crippen LogP contribution is 2.32. The Labute approximate surface area is 104 Å². The standard InChI is InChI=1S/C13H25NO3/c1-10(2)17-12(15)8-9-13(14,16)11-6-4-3-5-7-11/h10-11,16H,3-9,14H2,1-2H3. The summed E-state index contributed by atoms with van der Waals surface area (Å²) in [7, 11) is 0. The van der Waals surface area contributed by atoms with Crippen molar-refractivity contribution < 1.29 is 14.6 Å². The fourth-order valence-corrected chi connectivity index (χ4v) is 2.43. The van der Waals surface area contributed by atoms with E-state index in [-0.39, 0.29) is 24.4 Å². The molecule has 1 atom stereocenters. The molecule has 0 aromatic carbocycles. The van der Waals surface area contributed by atoms with Crippen molar-refractivity contribution in [1.29, 1.82) is 0 Å². The van der Waals surface area contributed by atoms with Crippen LogP contribution in [0.3, 0.4) is 0 Å². The molecule has 1 unspecified atom stereocenters. The highest BCUT2D eigenvalue weighted by atomic mass is 16.5. The quantitative estimate of drug-likeness (QED) is 0.572. The number of hydrogen-bond donors (Lipinski definition) is 2. The van der Waals surface area contributed by atoms with Crippen molar-refractivity contribution in [2.24, 2.45) is 11.7 Å². The Hall–Kier alpha value is -0.610. The third kappa shape index (κ3) is 5.04. The van der Waals surface area contributed by atoms with Gasteiger partial charge in [-0.15, -0.1) is 0 Å². The zero-order valence-electron chi connectivity index (χ0n) is 10.9. The molecular weight excluding hydrogens is 218 g/mol. The van der Waals surface area contributed by atoms with Gasteiger partial charge in [0, 0.05) is 18.8 Å². The van der Waals surface area contributed by atoms with Crippen LogP contribution in [-0.2, 0) is 9.53 Å². The second-order valence-corrected chi connectivity index (χ2v) is 5.36. The number of hydrogen-bond acceptors (Lipinski definition) is 4. The minimum atomic E-state index is -1.21. The predicted octanol–water partition coefficient (Wildman–Crippen LogP) is 1.95. The molecule has 0 amide bonds. The predicted molar refractivity (Wildman–Crippen MR) is 66.2 cm³/mol. The Kier molecular flexibility index (Phi) is 5.40. The van der Waals surface area contributed by atoms with Gasteiger partial charge in [0.1, 0.15) is 5.72 Å². The molecule has 1 aliphatic rings. The van der Waals surface area contributed by atoms with Crippen LogP contribution in [0.4, 0.5) is 0 Å². The summed E-state index contributed by atoms with van der Waals surface area (Å²) in [5, 5.41) is 10.2. The van der Waals surface area contributed by atoms with Crippen LogP contribution in [0.25, 0.3) is 0 Å². The van der Waals surface area contributed by atoms with Gasteiger partial charge in [-0.2, -0.15) is 0 Å². The third-order valence-electron chi connectivity index (χ3n) is 3.41. The van der Waals surface area contributed by atoms with Crippen molar-refractivity contribution in [2.75, 3.05) is 0 Å². The summed E-state index contributed by atoms with van der Waals surface area (Å²) in [5.41, 5.74) is 4.71. The molecule has 0 aromatic heterocycles. The Morgan fingerprint density at radius 2 is 2.00 bits per heavy atom. The van der Waals surface area contributed by atoms with Gasteiger partial charge in [0.25, 0.3) is 0 Å².